The van der Waals surface area contributed by atoms with E-state index in [0.717, 1.165) is 18.4 Å². The number of nitrogens with one attached hydrogen (secondary N) is 2. The van der Waals surface area contributed by atoms with Gasteiger partial charge in [0, 0.05) is 17.7 Å². The summed E-state index contributed by atoms with van der Waals surface area (Å²) in [4.78, 5) is 35.7. The van der Waals surface area contributed by atoms with Crippen molar-refractivity contribution in [2.75, 3.05) is 12.4 Å². The summed E-state index contributed by atoms with van der Waals surface area (Å²) in [5.74, 6) is -1.01. The Morgan fingerprint density at radius 3 is 2.39 bits per heavy atom. The fraction of sp³-hybridized carbons (Fsp3) is 0.190. The standard InChI is InChI=1S/C21H19ClN2O4/c1-28-21(27)15-7-10-17(22)18(12-15)24-19(25)11-4-13-2-5-14(6-3-13)20(26)23-16-8-9-16/h2-7,10-12,16H,8-9H2,1H3,(H,23,26)(H,24,25). The maximum absolute atomic E-state index is 12.2. The Kier molecular flexibility index (Phi) is 6.11. The average molecular weight is 399 g/mol. The summed E-state index contributed by atoms with van der Waals surface area (Å²) in [5, 5.41) is 5.86. The van der Waals surface area contributed by atoms with Crippen LogP contribution in [0.4, 0.5) is 5.69 Å². The van der Waals surface area contributed by atoms with Crippen LogP contribution >= 0.6 is 11.6 Å². The number of ether oxygens (including phenoxy) is 1. The average Bonchev–Trinajstić information content (AvgIpc) is 3.51. The molecule has 7 heteroatoms. The van der Waals surface area contributed by atoms with Crippen molar-refractivity contribution >= 4 is 41.1 Å². The van der Waals surface area contributed by atoms with Crippen molar-refractivity contribution in [2.24, 2.45) is 0 Å². The largest absolute Gasteiger partial charge is 0.465 e. The minimum atomic E-state index is -0.520. The SMILES string of the molecule is COC(=O)c1ccc(Cl)c(NC(=O)C=Cc2ccc(C(=O)NC3CC3)cc2)c1. The third-order valence-corrected chi connectivity index (χ3v) is 4.49. The molecule has 2 amide bonds. The van der Waals surface area contributed by atoms with Crippen molar-refractivity contribution in [1.29, 1.82) is 0 Å². The van der Waals surface area contributed by atoms with Gasteiger partial charge in [-0.1, -0.05) is 23.7 Å². The molecule has 0 aliphatic heterocycles. The second-order valence-electron chi connectivity index (χ2n) is 6.38. The Morgan fingerprint density at radius 1 is 1.07 bits per heavy atom. The molecule has 0 saturated heterocycles. The number of anilines is 1. The highest BCUT2D eigenvalue weighted by molar-refractivity contribution is 6.34. The van der Waals surface area contributed by atoms with Crippen LogP contribution in [0.3, 0.4) is 0 Å². The van der Waals surface area contributed by atoms with E-state index in [2.05, 4.69) is 15.4 Å². The Bertz CT molecular complexity index is 934. The van der Waals surface area contributed by atoms with E-state index in [1.54, 1.807) is 30.3 Å². The molecule has 28 heavy (non-hydrogen) atoms. The van der Waals surface area contributed by atoms with Crippen molar-refractivity contribution in [3.05, 3.63) is 70.3 Å². The van der Waals surface area contributed by atoms with Crippen molar-refractivity contribution < 1.29 is 19.1 Å². The summed E-state index contributed by atoms with van der Waals surface area (Å²) < 4.78 is 4.66. The number of carbonyl (C=O) groups excluding carboxylic acids is 3. The quantitative estimate of drug-likeness (QED) is 0.574. The molecule has 0 aromatic heterocycles. The van der Waals surface area contributed by atoms with Gasteiger partial charge in [0.2, 0.25) is 5.91 Å². The highest BCUT2D eigenvalue weighted by Gasteiger charge is 2.23. The highest BCUT2D eigenvalue weighted by atomic mass is 35.5. The van der Waals surface area contributed by atoms with E-state index < -0.39 is 11.9 Å². The van der Waals surface area contributed by atoms with Gasteiger partial charge in [0.1, 0.15) is 0 Å². The summed E-state index contributed by atoms with van der Waals surface area (Å²) in [6, 6.07) is 11.7. The van der Waals surface area contributed by atoms with Crippen LogP contribution in [0.5, 0.6) is 0 Å². The van der Waals surface area contributed by atoms with E-state index in [0.29, 0.717) is 22.3 Å². The van der Waals surface area contributed by atoms with E-state index in [1.165, 1.54) is 31.4 Å². The number of hydrogen-bond acceptors (Lipinski definition) is 4. The van der Waals surface area contributed by atoms with Crippen LogP contribution in [0.1, 0.15) is 39.1 Å². The van der Waals surface area contributed by atoms with Crippen LogP contribution < -0.4 is 10.6 Å². The molecule has 1 fully saturated rings. The Labute approximate surface area is 167 Å². The molecule has 2 N–H and O–H groups in total. The van der Waals surface area contributed by atoms with Crippen molar-refractivity contribution in [2.45, 2.75) is 18.9 Å². The molecule has 0 spiro atoms. The van der Waals surface area contributed by atoms with E-state index in [1.807, 2.05) is 0 Å². The molecule has 0 radical (unpaired) electrons. The van der Waals surface area contributed by atoms with Crippen LogP contribution in [0.2, 0.25) is 5.02 Å². The number of benzene rings is 2. The third kappa shape index (κ3) is 5.20. The van der Waals surface area contributed by atoms with Gasteiger partial charge in [0.15, 0.2) is 0 Å². The van der Waals surface area contributed by atoms with Gasteiger partial charge in [0.05, 0.1) is 23.4 Å². The summed E-state index contributed by atoms with van der Waals surface area (Å²) in [6.07, 6.45) is 5.04. The molecule has 0 heterocycles. The fourth-order valence-electron chi connectivity index (χ4n) is 2.45. The van der Waals surface area contributed by atoms with Crippen molar-refractivity contribution in [3.8, 4) is 0 Å². The number of rotatable bonds is 6. The molecular formula is C21H19ClN2O4. The second-order valence-corrected chi connectivity index (χ2v) is 6.79. The molecule has 3 rings (SSSR count). The van der Waals surface area contributed by atoms with E-state index in [9.17, 15) is 14.4 Å². The van der Waals surface area contributed by atoms with Gasteiger partial charge >= 0.3 is 5.97 Å². The minimum absolute atomic E-state index is 0.0871. The number of esters is 1. The van der Waals surface area contributed by atoms with E-state index in [4.69, 9.17) is 11.6 Å². The maximum Gasteiger partial charge on any atom is 0.337 e. The number of amides is 2. The Morgan fingerprint density at radius 2 is 1.75 bits per heavy atom. The van der Waals surface area contributed by atoms with Crippen LogP contribution in [0.15, 0.2) is 48.5 Å². The number of methoxy groups -OCH3 is 1. The smallest absolute Gasteiger partial charge is 0.337 e. The van der Waals surface area contributed by atoms with Crippen LogP contribution in [0.25, 0.3) is 6.08 Å². The summed E-state index contributed by atoms with van der Waals surface area (Å²) >= 11 is 6.06. The molecule has 144 valence electrons. The van der Waals surface area contributed by atoms with Crippen LogP contribution in [-0.2, 0) is 9.53 Å². The summed E-state index contributed by atoms with van der Waals surface area (Å²) in [5.41, 5.74) is 1.95. The summed E-state index contributed by atoms with van der Waals surface area (Å²) in [6.45, 7) is 0. The second kappa shape index (κ2) is 8.71. The number of halogens is 1. The number of carbonyl (C=O) groups is 3. The molecule has 2 aromatic carbocycles. The molecule has 0 bridgehead atoms. The van der Waals surface area contributed by atoms with Crippen LogP contribution in [-0.4, -0.2) is 30.9 Å². The zero-order chi connectivity index (χ0) is 20.1. The van der Waals surface area contributed by atoms with Crippen LogP contribution in [0, 0.1) is 0 Å². The molecule has 6 nitrogen and oxygen atoms in total. The first-order valence-electron chi connectivity index (χ1n) is 8.74. The zero-order valence-electron chi connectivity index (χ0n) is 15.2. The monoisotopic (exact) mass is 398 g/mol. The number of hydrogen-bond donors (Lipinski definition) is 2. The van der Waals surface area contributed by atoms with Gasteiger partial charge in [-0.15, -0.1) is 0 Å². The van der Waals surface area contributed by atoms with E-state index >= 15 is 0 Å². The van der Waals surface area contributed by atoms with Gasteiger partial charge in [-0.05, 0) is 54.8 Å². The Balaban J connectivity index is 1.62. The minimum Gasteiger partial charge on any atom is -0.465 e. The molecule has 1 aliphatic carbocycles. The highest BCUT2D eigenvalue weighted by Crippen LogP contribution is 2.23. The van der Waals surface area contributed by atoms with E-state index in [-0.39, 0.29) is 11.5 Å². The lowest BCUT2D eigenvalue weighted by atomic mass is 10.1. The predicted octanol–water partition coefficient (Wildman–Crippen LogP) is 3.67. The lowest BCUT2D eigenvalue weighted by Gasteiger charge is -2.07. The first-order valence-corrected chi connectivity index (χ1v) is 9.12. The maximum atomic E-state index is 12.2. The first kappa shape index (κ1) is 19.6. The molecule has 1 saturated carbocycles. The fourth-order valence-corrected chi connectivity index (χ4v) is 2.62. The molecule has 1 aliphatic rings. The van der Waals surface area contributed by atoms with Gasteiger partial charge in [0.25, 0.3) is 5.91 Å². The van der Waals surface area contributed by atoms with Gasteiger partial charge in [-0.25, -0.2) is 4.79 Å². The Hall–Kier alpha value is -3.12. The van der Waals surface area contributed by atoms with Gasteiger partial charge < -0.3 is 15.4 Å². The topological polar surface area (TPSA) is 84.5 Å². The molecule has 0 atom stereocenters. The van der Waals surface area contributed by atoms with Crippen molar-refractivity contribution in [1.82, 2.24) is 5.32 Å². The predicted molar refractivity (Wildman–Crippen MR) is 107 cm³/mol. The van der Waals surface area contributed by atoms with Gasteiger partial charge in [-0.2, -0.15) is 0 Å². The zero-order valence-corrected chi connectivity index (χ0v) is 16.0. The summed E-state index contributed by atoms with van der Waals surface area (Å²) in [7, 11) is 1.28. The molecule has 0 unspecified atom stereocenters. The van der Waals surface area contributed by atoms with Crippen molar-refractivity contribution in [3.63, 3.8) is 0 Å². The first-order chi connectivity index (χ1) is 13.5. The van der Waals surface area contributed by atoms with Gasteiger partial charge in [-0.3, -0.25) is 9.59 Å². The molecule has 2 aromatic rings. The lowest BCUT2D eigenvalue weighted by Crippen LogP contribution is -2.25. The molecular weight excluding hydrogens is 380 g/mol. The lowest BCUT2D eigenvalue weighted by molar-refractivity contribution is -0.111. The third-order valence-electron chi connectivity index (χ3n) is 4.16. The normalized spacial score (nSPS) is 13.2.